The second kappa shape index (κ2) is 3.64. The van der Waals surface area contributed by atoms with Crippen molar-refractivity contribution in [2.75, 3.05) is 6.54 Å². The van der Waals surface area contributed by atoms with Gasteiger partial charge in [-0.3, -0.25) is 0 Å². The Balaban J connectivity index is 2.37. The van der Waals surface area contributed by atoms with Crippen molar-refractivity contribution >= 4 is 0 Å². The molecule has 0 aromatic heterocycles. The lowest BCUT2D eigenvalue weighted by atomic mass is 9.84. The fourth-order valence-corrected chi connectivity index (χ4v) is 2.52. The third-order valence-corrected chi connectivity index (χ3v) is 3.72. The first-order chi connectivity index (χ1) is 7.10. The molecule has 0 amide bonds. The molecule has 1 aliphatic carbocycles. The molecule has 0 aromatic rings. The van der Waals surface area contributed by atoms with Gasteiger partial charge in [-0.2, -0.15) is 0 Å². The number of rotatable bonds is 3. The van der Waals surface area contributed by atoms with Gasteiger partial charge in [0.2, 0.25) is 0 Å². The van der Waals surface area contributed by atoms with E-state index >= 15 is 0 Å². The van der Waals surface area contributed by atoms with Gasteiger partial charge in [0, 0.05) is 12.1 Å². The monoisotopic (exact) mass is 203 g/mol. The van der Waals surface area contributed by atoms with Crippen LogP contribution < -0.4 is 5.32 Å². The topological polar surface area (TPSA) is 12.0 Å². The molecule has 1 saturated carbocycles. The van der Waals surface area contributed by atoms with Crippen molar-refractivity contribution in [1.82, 2.24) is 5.32 Å². The molecular weight excluding hydrogens is 182 g/mol. The molecule has 0 atom stereocenters. The number of nitrogens with one attached hydrogen (secondary N) is 1. The fourth-order valence-electron chi connectivity index (χ4n) is 2.52. The van der Waals surface area contributed by atoms with Gasteiger partial charge in [0.25, 0.3) is 0 Å². The third-order valence-electron chi connectivity index (χ3n) is 3.72. The average molecular weight is 203 g/mol. The van der Waals surface area contributed by atoms with Crippen LogP contribution in [0.5, 0.6) is 0 Å². The van der Waals surface area contributed by atoms with Crippen LogP contribution in [0, 0.1) is 5.92 Å². The van der Waals surface area contributed by atoms with Gasteiger partial charge in [-0.25, -0.2) is 0 Å². The van der Waals surface area contributed by atoms with Gasteiger partial charge in [0.1, 0.15) is 0 Å². The standard InChI is InChI=1S/C14H21N/c1-5-13-12(11(4)10(2)3)6-9-15-14(13)7-8-14/h5,10,15H,1,4,6-9H2,2-3H3. The van der Waals surface area contributed by atoms with Crippen molar-refractivity contribution in [3.8, 4) is 0 Å². The summed E-state index contributed by atoms with van der Waals surface area (Å²) in [4.78, 5) is 0. The lowest BCUT2D eigenvalue weighted by molar-refractivity contribution is 0.531. The molecule has 1 aliphatic heterocycles. The molecule has 0 unspecified atom stereocenters. The molecule has 1 fully saturated rings. The summed E-state index contributed by atoms with van der Waals surface area (Å²) in [6, 6.07) is 0. The molecule has 0 saturated heterocycles. The van der Waals surface area contributed by atoms with Gasteiger partial charge in [-0.1, -0.05) is 33.1 Å². The molecule has 1 N–H and O–H groups in total. The maximum atomic E-state index is 4.24. The molecule has 15 heavy (non-hydrogen) atoms. The lowest BCUT2D eigenvalue weighted by Crippen LogP contribution is -2.38. The van der Waals surface area contributed by atoms with Crippen molar-refractivity contribution in [3.63, 3.8) is 0 Å². The largest absolute Gasteiger partial charge is 0.307 e. The van der Waals surface area contributed by atoms with E-state index in [1.807, 2.05) is 6.08 Å². The highest BCUT2D eigenvalue weighted by Gasteiger charge is 2.47. The molecule has 1 nitrogen and oxygen atoms in total. The van der Waals surface area contributed by atoms with E-state index in [0.717, 1.165) is 13.0 Å². The Morgan fingerprint density at radius 1 is 1.47 bits per heavy atom. The van der Waals surface area contributed by atoms with Crippen LogP contribution >= 0.6 is 0 Å². The van der Waals surface area contributed by atoms with E-state index in [1.54, 1.807) is 0 Å². The van der Waals surface area contributed by atoms with Crippen LogP contribution in [0.25, 0.3) is 0 Å². The molecule has 1 heteroatoms. The van der Waals surface area contributed by atoms with Gasteiger partial charge in [0.05, 0.1) is 0 Å². The second-order valence-electron chi connectivity index (χ2n) is 5.04. The SMILES string of the molecule is C=CC1=C(C(=C)C(C)C)CCNC12CC2. The van der Waals surface area contributed by atoms with Gasteiger partial charge >= 0.3 is 0 Å². The van der Waals surface area contributed by atoms with Gasteiger partial charge in [-0.15, -0.1) is 0 Å². The molecule has 1 spiro atoms. The van der Waals surface area contributed by atoms with Crippen LogP contribution in [-0.4, -0.2) is 12.1 Å². The second-order valence-corrected chi connectivity index (χ2v) is 5.04. The zero-order valence-electron chi connectivity index (χ0n) is 9.90. The van der Waals surface area contributed by atoms with Crippen LogP contribution in [0.1, 0.15) is 33.1 Å². The van der Waals surface area contributed by atoms with Crippen LogP contribution in [0.4, 0.5) is 0 Å². The summed E-state index contributed by atoms with van der Waals surface area (Å²) in [5, 5.41) is 3.62. The molecule has 2 rings (SSSR count). The maximum Gasteiger partial charge on any atom is 0.0439 e. The summed E-state index contributed by atoms with van der Waals surface area (Å²) in [5.74, 6) is 0.545. The lowest BCUT2D eigenvalue weighted by Gasteiger charge is -2.30. The minimum Gasteiger partial charge on any atom is -0.307 e. The van der Waals surface area contributed by atoms with Gasteiger partial charge in [0.15, 0.2) is 0 Å². The summed E-state index contributed by atoms with van der Waals surface area (Å²) < 4.78 is 0. The van der Waals surface area contributed by atoms with E-state index in [9.17, 15) is 0 Å². The molecule has 0 bridgehead atoms. The molecule has 82 valence electrons. The van der Waals surface area contributed by atoms with Crippen molar-refractivity contribution in [2.24, 2.45) is 5.92 Å². The van der Waals surface area contributed by atoms with Crippen molar-refractivity contribution in [2.45, 2.75) is 38.6 Å². The van der Waals surface area contributed by atoms with Crippen LogP contribution in [0.3, 0.4) is 0 Å². The third kappa shape index (κ3) is 1.69. The minimum absolute atomic E-state index is 0.285. The highest BCUT2D eigenvalue weighted by atomic mass is 15.0. The van der Waals surface area contributed by atoms with Crippen LogP contribution in [0.15, 0.2) is 36.0 Å². The van der Waals surface area contributed by atoms with E-state index in [1.165, 1.54) is 29.6 Å². The normalized spacial score (nSPS) is 23.4. The summed E-state index contributed by atoms with van der Waals surface area (Å²) in [6.45, 7) is 13.7. The first-order valence-corrected chi connectivity index (χ1v) is 5.91. The van der Waals surface area contributed by atoms with E-state index in [4.69, 9.17) is 0 Å². The Morgan fingerprint density at radius 2 is 2.13 bits per heavy atom. The van der Waals surface area contributed by atoms with Crippen LogP contribution in [0.2, 0.25) is 0 Å². The van der Waals surface area contributed by atoms with E-state index in [-0.39, 0.29) is 5.54 Å². The van der Waals surface area contributed by atoms with Crippen molar-refractivity contribution in [1.29, 1.82) is 0 Å². The Hall–Kier alpha value is -0.820. The Morgan fingerprint density at radius 3 is 2.60 bits per heavy atom. The molecule has 0 aromatic carbocycles. The molecule has 0 radical (unpaired) electrons. The van der Waals surface area contributed by atoms with Gasteiger partial charge < -0.3 is 5.32 Å². The predicted octanol–water partition coefficient (Wildman–Crippen LogP) is 3.21. The Labute approximate surface area is 93.0 Å². The quantitative estimate of drug-likeness (QED) is 0.742. The minimum atomic E-state index is 0.285. The predicted molar refractivity (Wildman–Crippen MR) is 65.8 cm³/mol. The smallest absolute Gasteiger partial charge is 0.0439 e. The maximum absolute atomic E-state index is 4.24. The molecular formula is C14H21N. The summed E-state index contributed by atoms with van der Waals surface area (Å²) in [7, 11) is 0. The number of hydrogen-bond donors (Lipinski definition) is 1. The van der Waals surface area contributed by atoms with Crippen molar-refractivity contribution < 1.29 is 0 Å². The first-order valence-electron chi connectivity index (χ1n) is 5.91. The van der Waals surface area contributed by atoms with Crippen molar-refractivity contribution in [3.05, 3.63) is 36.0 Å². The van der Waals surface area contributed by atoms with E-state index < -0.39 is 0 Å². The van der Waals surface area contributed by atoms with E-state index in [0.29, 0.717) is 5.92 Å². The van der Waals surface area contributed by atoms with E-state index in [2.05, 4.69) is 32.3 Å². The first kappa shape index (κ1) is 10.7. The van der Waals surface area contributed by atoms with Gasteiger partial charge in [-0.05, 0) is 41.9 Å². The number of allylic oxidation sites excluding steroid dienone is 1. The zero-order chi connectivity index (χ0) is 11.1. The number of hydrogen-bond acceptors (Lipinski definition) is 1. The molecule has 1 heterocycles. The highest BCUT2D eigenvalue weighted by Crippen LogP contribution is 2.47. The highest BCUT2D eigenvalue weighted by molar-refractivity contribution is 5.49. The Kier molecular flexibility index (Phi) is 2.59. The molecule has 2 aliphatic rings. The summed E-state index contributed by atoms with van der Waals surface area (Å²) in [6.07, 6.45) is 5.69. The Bertz CT molecular complexity index is 329. The summed E-state index contributed by atoms with van der Waals surface area (Å²) in [5.41, 5.74) is 4.48. The van der Waals surface area contributed by atoms with Crippen LogP contribution in [-0.2, 0) is 0 Å². The average Bonchev–Trinajstić information content (AvgIpc) is 2.97. The summed E-state index contributed by atoms with van der Waals surface area (Å²) >= 11 is 0. The fraction of sp³-hybridized carbons (Fsp3) is 0.571. The zero-order valence-corrected chi connectivity index (χ0v) is 9.90.